The zero-order valence-corrected chi connectivity index (χ0v) is 36.9. The zero-order chi connectivity index (χ0) is 42.2. The van der Waals surface area contributed by atoms with Crippen molar-refractivity contribution in [3.8, 4) is 51.0 Å². The molecule has 4 nitrogen and oxygen atoms in total. The van der Waals surface area contributed by atoms with Crippen LogP contribution >= 0.6 is 0 Å². The quantitative estimate of drug-likeness (QED) is 0.136. The maximum absolute atomic E-state index is 5.34. The fourth-order valence-corrected chi connectivity index (χ4v) is 19.4. The van der Waals surface area contributed by atoms with E-state index < -0.39 is 13.3 Å². The van der Waals surface area contributed by atoms with E-state index in [9.17, 15) is 0 Å². The van der Waals surface area contributed by atoms with Crippen molar-refractivity contribution in [1.82, 2.24) is 19.5 Å². The first-order valence-corrected chi connectivity index (χ1v) is 25.6. The van der Waals surface area contributed by atoms with Crippen molar-refractivity contribution >= 4 is 52.7 Å². The summed E-state index contributed by atoms with van der Waals surface area (Å²) < 4.78 is 7.85. The van der Waals surface area contributed by atoms with E-state index in [2.05, 4.69) is 212 Å². The molecule has 0 spiro atoms. The van der Waals surface area contributed by atoms with Crippen LogP contribution in [0, 0.1) is 6.92 Å². The van der Waals surface area contributed by atoms with E-state index in [1.54, 1.807) is 0 Å². The Morgan fingerprint density at radius 2 is 0.810 bits per heavy atom. The van der Waals surface area contributed by atoms with Gasteiger partial charge in [0.1, 0.15) is 0 Å². The molecule has 0 unspecified atom stereocenters. The minimum absolute atomic E-state index is 0.614. The summed E-state index contributed by atoms with van der Waals surface area (Å²) in [6.45, 7) is 2.16. The van der Waals surface area contributed by atoms with Crippen LogP contribution in [-0.2, 0) is 0 Å². The molecule has 63 heavy (non-hydrogen) atoms. The molecule has 2 aromatic heterocycles. The summed E-state index contributed by atoms with van der Waals surface area (Å²) in [4.78, 5) is 15.8. The second-order valence-corrected chi connectivity index (χ2v) is 24.1. The number of fused-ring (bicyclic) bond motifs is 3. The molecule has 0 saturated carbocycles. The zero-order valence-electron chi connectivity index (χ0n) is 34.8. The summed E-state index contributed by atoms with van der Waals surface area (Å²) in [5.41, 5.74) is 9.51. The molecule has 11 aromatic rings. The number of nitrogens with zero attached hydrogens (tertiary/aromatic N) is 4. The van der Waals surface area contributed by atoms with Crippen molar-refractivity contribution in [3.05, 3.63) is 242 Å². The summed E-state index contributed by atoms with van der Waals surface area (Å²) in [6.07, 6.45) is 0. The van der Waals surface area contributed by atoms with E-state index in [1.807, 2.05) is 36.4 Å². The van der Waals surface area contributed by atoms with Crippen LogP contribution in [0.1, 0.15) is 5.56 Å². The Bertz CT molecular complexity index is 3230. The molecule has 9 aromatic carbocycles. The second kappa shape index (κ2) is 16.3. The Kier molecular flexibility index (Phi) is 9.91. The molecular formula is C58H42GeN4. The number of para-hydroxylation sites is 1. The van der Waals surface area contributed by atoms with Gasteiger partial charge in [0.15, 0.2) is 0 Å². The van der Waals surface area contributed by atoms with E-state index in [0.29, 0.717) is 17.5 Å². The van der Waals surface area contributed by atoms with Crippen LogP contribution in [0.15, 0.2) is 237 Å². The molecule has 0 bridgehead atoms. The number of hydrogen-bond acceptors (Lipinski definition) is 3. The standard InChI is InChI=1S/C58H42GeN4/c1-41-34-37-55-52(38-41)51-32-17-18-33-54(51)63(55)49-35-36-50(53(40-49)58-61-56(42-20-7-2-8-21-42)60-57(62-58)43-22-9-3-10-23-43)44-24-19-31-48(39-44)59(45-25-11-4-12-26-45,46-27-13-5-14-28-46)47-29-15-6-16-30-47/h2-40H,1H3. The van der Waals surface area contributed by atoms with Gasteiger partial charge in [0.25, 0.3) is 0 Å². The number of rotatable bonds is 9. The normalized spacial score (nSPS) is 11.6. The molecule has 2 heterocycles. The topological polar surface area (TPSA) is 43.6 Å². The van der Waals surface area contributed by atoms with Crippen LogP contribution in [0.25, 0.3) is 72.8 Å². The molecule has 11 rings (SSSR count). The first-order valence-electron chi connectivity index (χ1n) is 21.4. The first-order chi connectivity index (χ1) is 31.1. The van der Waals surface area contributed by atoms with Gasteiger partial charge < -0.3 is 0 Å². The third-order valence-electron chi connectivity index (χ3n) is 12.3. The van der Waals surface area contributed by atoms with Crippen molar-refractivity contribution in [1.29, 1.82) is 0 Å². The molecule has 5 heteroatoms. The van der Waals surface area contributed by atoms with Crippen molar-refractivity contribution in [2.24, 2.45) is 0 Å². The van der Waals surface area contributed by atoms with Gasteiger partial charge in [0.05, 0.1) is 0 Å². The molecule has 0 N–H and O–H groups in total. The van der Waals surface area contributed by atoms with Gasteiger partial charge in [-0.15, -0.1) is 0 Å². The van der Waals surface area contributed by atoms with Crippen molar-refractivity contribution in [3.63, 3.8) is 0 Å². The Balaban J connectivity index is 1.20. The van der Waals surface area contributed by atoms with Crippen LogP contribution in [0.2, 0.25) is 0 Å². The van der Waals surface area contributed by atoms with Crippen LogP contribution in [0.4, 0.5) is 0 Å². The summed E-state index contributed by atoms with van der Waals surface area (Å²) in [5.74, 6) is 1.87. The fourth-order valence-electron chi connectivity index (χ4n) is 9.39. The van der Waals surface area contributed by atoms with Crippen molar-refractivity contribution in [2.75, 3.05) is 0 Å². The molecule has 0 atom stereocenters. The first kappa shape index (κ1) is 38.3. The molecule has 0 fully saturated rings. The van der Waals surface area contributed by atoms with Gasteiger partial charge in [-0.05, 0) is 6.92 Å². The summed E-state index contributed by atoms with van der Waals surface area (Å²) in [5, 5.41) is 2.45. The molecule has 0 aliphatic heterocycles. The van der Waals surface area contributed by atoms with E-state index in [1.165, 1.54) is 33.9 Å². The van der Waals surface area contributed by atoms with Gasteiger partial charge in [0, 0.05) is 0 Å². The average molecular weight is 868 g/mol. The van der Waals surface area contributed by atoms with Crippen LogP contribution < -0.4 is 17.6 Å². The summed E-state index contributed by atoms with van der Waals surface area (Å²) in [7, 11) is 0. The van der Waals surface area contributed by atoms with E-state index in [-0.39, 0.29) is 0 Å². The average Bonchev–Trinajstić information content (AvgIpc) is 3.69. The molecule has 0 saturated heterocycles. The number of benzene rings is 9. The number of aromatic nitrogens is 4. The predicted octanol–water partition coefficient (Wildman–Crippen LogP) is 11.3. The van der Waals surface area contributed by atoms with Crippen molar-refractivity contribution in [2.45, 2.75) is 6.92 Å². The predicted molar refractivity (Wildman–Crippen MR) is 264 cm³/mol. The summed E-state index contributed by atoms with van der Waals surface area (Å²) in [6, 6.07) is 85.5. The Morgan fingerprint density at radius 3 is 1.40 bits per heavy atom. The van der Waals surface area contributed by atoms with Crippen LogP contribution in [0.5, 0.6) is 0 Å². The second-order valence-electron chi connectivity index (χ2n) is 16.1. The van der Waals surface area contributed by atoms with E-state index in [4.69, 9.17) is 15.0 Å². The van der Waals surface area contributed by atoms with Gasteiger partial charge in [0.2, 0.25) is 0 Å². The fraction of sp³-hybridized carbons (Fsp3) is 0.0172. The van der Waals surface area contributed by atoms with Crippen LogP contribution in [-0.4, -0.2) is 32.8 Å². The van der Waals surface area contributed by atoms with E-state index in [0.717, 1.165) is 44.5 Å². The van der Waals surface area contributed by atoms with Gasteiger partial charge >= 0.3 is 365 Å². The molecular weight excluding hydrogens is 825 g/mol. The minimum atomic E-state index is -3.61. The molecule has 298 valence electrons. The van der Waals surface area contributed by atoms with Gasteiger partial charge in [-0.3, -0.25) is 0 Å². The third-order valence-corrected chi connectivity index (χ3v) is 22.3. The molecule has 0 aliphatic rings. The SMILES string of the molecule is Cc1ccc2c(c1)c1ccccc1n2-c1ccc(-c2ccc[c]([Ge]([c]3ccccc3)([c]3ccccc3)[c]3ccccc3)c2)c(-c2nc(-c3ccccc3)nc(-c3ccccc3)n2)c1. The van der Waals surface area contributed by atoms with Gasteiger partial charge in [-0.25, -0.2) is 0 Å². The Labute approximate surface area is 370 Å². The monoisotopic (exact) mass is 868 g/mol. The van der Waals surface area contributed by atoms with Gasteiger partial charge in [-0.2, -0.15) is 0 Å². The number of hydrogen-bond donors (Lipinski definition) is 0. The maximum atomic E-state index is 5.34. The Hall–Kier alpha value is -7.67. The molecule has 0 radical (unpaired) electrons. The third kappa shape index (κ3) is 6.86. The van der Waals surface area contributed by atoms with Gasteiger partial charge in [-0.1, -0.05) is 0 Å². The van der Waals surface area contributed by atoms with Crippen molar-refractivity contribution < 1.29 is 0 Å². The number of aryl methyl sites for hydroxylation is 1. The summed E-state index contributed by atoms with van der Waals surface area (Å²) >= 11 is -3.61. The van der Waals surface area contributed by atoms with Crippen LogP contribution in [0.3, 0.4) is 0 Å². The molecule has 0 aliphatic carbocycles. The van der Waals surface area contributed by atoms with E-state index >= 15 is 0 Å². The molecule has 0 amide bonds. The Morgan fingerprint density at radius 1 is 0.333 bits per heavy atom.